The average molecular weight is 404 g/mol. The Morgan fingerprint density at radius 2 is 1.93 bits per heavy atom. The zero-order valence-electron chi connectivity index (χ0n) is 16.8. The number of carbonyl (C=O) groups is 2. The molecular formula is C24H24N2O4. The molecule has 6 nitrogen and oxygen atoms in total. The van der Waals surface area contributed by atoms with Crippen molar-refractivity contribution in [2.45, 2.75) is 12.8 Å². The number of rotatable bonds is 5. The number of anilines is 1. The SMILES string of the molecule is COc1cccc(-c2ccc(NC(=O)[C@H]3CCCN(C(=O)c4ccoc4)C3)cc2)c1. The lowest BCUT2D eigenvalue weighted by atomic mass is 9.96. The average Bonchev–Trinajstić information content (AvgIpc) is 3.34. The molecule has 2 amide bonds. The predicted molar refractivity (Wildman–Crippen MR) is 114 cm³/mol. The number of amides is 2. The van der Waals surface area contributed by atoms with Gasteiger partial charge in [-0.2, -0.15) is 0 Å². The van der Waals surface area contributed by atoms with Crippen molar-refractivity contribution in [2.75, 3.05) is 25.5 Å². The van der Waals surface area contributed by atoms with Crippen LogP contribution in [0, 0.1) is 5.92 Å². The fourth-order valence-corrected chi connectivity index (χ4v) is 3.74. The highest BCUT2D eigenvalue weighted by Gasteiger charge is 2.29. The molecule has 1 aliphatic heterocycles. The Morgan fingerprint density at radius 1 is 1.10 bits per heavy atom. The Labute approximate surface area is 175 Å². The second-order valence-electron chi connectivity index (χ2n) is 7.40. The smallest absolute Gasteiger partial charge is 0.257 e. The highest BCUT2D eigenvalue weighted by atomic mass is 16.5. The number of likely N-dealkylation sites (tertiary alicyclic amines) is 1. The third kappa shape index (κ3) is 4.38. The van der Waals surface area contributed by atoms with Gasteiger partial charge in [-0.1, -0.05) is 24.3 Å². The minimum absolute atomic E-state index is 0.0613. The van der Waals surface area contributed by atoms with E-state index in [2.05, 4.69) is 5.32 Å². The maximum absolute atomic E-state index is 12.8. The summed E-state index contributed by atoms with van der Waals surface area (Å²) in [6, 6.07) is 17.2. The molecule has 1 fully saturated rings. The van der Waals surface area contributed by atoms with Crippen molar-refractivity contribution < 1.29 is 18.7 Å². The summed E-state index contributed by atoms with van der Waals surface area (Å²) < 4.78 is 10.3. The van der Waals surface area contributed by atoms with E-state index >= 15 is 0 Å². The van der Waals surface area contributed by atoms with E-state index in [1.807, 2.05) is 48.5 Å². The summed E-state index contributed by atoms with van der Waals surface area (Å²) in [6.07, 6.45) is 4.49. The van der Waals surface area contributed by atoms with E-state index in [0.717, 1.165) is 35.4 Å². The van der Waals surface area contributed by atoms with Crippen molar-refractivity contribution in [1.82, 2.24) is 4.90 Å². The third-order valence-electron chi connectivity index (χ3n) is 5.40. The molecule has 154 valence electrons. The van der Waals surface area contributed by atoms with Crippen LogP contribution in [0.3, 0.4) is 0 Å². The number of ether oxygens (including phenoxy) is 1. The standard InChI is InChI=1S/C24H24N2O4/c1-29-22-6-2-4-18(14-22)17-7-9-21(10-8-17)25-23(27)19-5-3-12-26(15-19)24(28)20-11-13-30-16-20/h2,4,6-11,13-14,16,19H,3,5,12,15H2,1H3,(H,25,27)/t19-/m0/s1. The van der Waals surface area contributed by atoms with Crippen LogP contribution in [0.2, 0.25) is 0 Å². The normalized spacial score (nSPS) is 16.2. The molecule has 2 heterocycles. The molecular weight excluding hydrogens is 380 g/mol. The Bertz CT molecular complexity index is 1010. The highest BCUT2D eigenvalue weighted by Crippen LogP contribution is 2.26. The molecule has 1 atom stereocenters. The molecule has 0 aliphatic carbocycles. The molecule has 3 aromatic rings. The van der Waals surface area contributed by atoms with Gasteiger partial charge in [-0.15, -0.1) is 0 Å². The van der Waals surface area contributed by atoms with E-state index in [1.54, 1.807) is 18.1 Å². The van der Waals surface area contributed by atoms with Gasteiger partial charge in [-0.25, -0.2) is 0 Å². The van der Waals surface area contributed by atoms with Crippen molar-refractivity contribution in [3.05, 3.63) is 72.7 Å². The van der Waals surface area contributed by atoms with Gasteiger partial charge in [0, 0.05) is 18.8 Å². The van der Waals surface area contributed by atoms with Gasteiger partial charge in [-0.3, -0.25) is 9.59 Å². The van der Waals surface area contributed by atoms with E-state index in [0.29, 0.717) is 18.7 Å². The van der Waals surface area contributed by atoms with Gasteiger partial charge in [-0.05, 0) is 54.3 Å². The predicted octanol–water partition coefficient (Wildman–Crippen LogP) is 4.45. The van der Waals surface area contributed by atoms with Crippen molar-refractivity contribution >= 4 is 17.5 Å². The second-order valence-corrected chi connectivity index (χ2v) is 7.40. The first-order valence-electron chi connectivity index (χ1n) is 10.0. The number of piperidine rings is 1. The van der Waals surface area contributed by atoms with Gasteiger partial charge >= 0.3 is 0 Å². The van der Waals surface area contributed by atoms with Crippen molar-refractivity contribution in [3.63, 3.8) is 0 Å². The lowest BCUT2D eigenvalue weighted by Gasteiger charge is -2.31. The molecule has 30 heavy (non-hydrogen) atoms. The van der Waals surface area contributed by atoms with E-state index in [-0.39, 0.29) is 17.7 Å². The van der Waals surface area contributed by atoms with Crippen LogP contribution in [0.25, 0.3) is 11.1 Å². The Balaban J connectivity index is 1.39. The highest BCUT2D eigenvalue weighted by molar-refractivity contribution is 5.96. The van der Waals surface area contributed by atoms with E-state index in [1.165, 1.54) is 12.5 Å². The van der Waals surface area contributed by atoms with Crippen LogP contribution in [-0.4, -0.2) is 36.9 Å². The molecule has 1 aromatic heterocycles. The molecule has 0 unspecified atom stereocenters. The first-order chi connectivity index (χ1) is 14.6. The lowest BCUT2D eigenvalue weighted by molar-refractivity contribution is -0.121. The zero-order valence-corrected chi connectivity index (χ0v) is 16.8. The minimum Gasteiger partial charge on any atom is -0.497 e. The van der Waals surface area contributed by atoms with E-state index < -0.39 is 0 Å². The lowest BCUT2D eigenvalue weighted by Crippen LogP contribution is -2.43. The Kier molecular flexibility index (Phi) is 5.84. The zero-order chi connectivity index (χ0) is 20.9. The summed E-state index contributed by atoms with van der Waals surface area (Å²) >= 11 is 0. The van der Waals surface area contributed by atoms with Gasteiger partial charge in [0.1, 0.15) is 12.0 Å². The number of nitrogens with zero attached hydrogens (tertiary/aromatic N) is 1. The molecule has 1 aliphatic rings. The van der Waals surface area contributed by atoms with Crippen molar-refractivity contribution in [3.8, 4) is 16.9 Å². The topological polar surface area (TPSA) is 71.8 Å². The van der Waals surface area contributed by atoms with Gasteiger partial charge in [0.15, 0.2) is 0 Å². The van der Waals surface area contributed by atoms with Gasteiger partial charge < -0.3 is 19.4 Å². The van der Waals surface area contributed by atoms with Crippen molar-refractivity contribution in [1.29, 1.82) is 0 Å². The second kappa shape index (κ2) is 8.86. The summed E-state index contributed by atoms with van der Waals surface area (Å²) in [5, 5.41) is 2.99. The maximum atomic E-state index is 12.8. The van der Waals surface area contributed by atoms with Gasteiger partial charge in [0.2, 0.25) is 5.91 Å². The summed E-state index contributed by atoms with van der Waals surface area (Å²) in [5.41, 5.74) is 3.35. The maximum Gasteiger partial charge on any atom is 0.257 e. The van der Waals surface area contributed by atoms with Crippen LogP contribution < -0.4 is 10.1 Å². The van der Waals surface area contributed by atoms with E-state index in [9.17, 15) is 9.59 Å². The van der Waals surface area contributed by atoms with Crippen LogP contribution in [0.4, 0.5) is 5.69 Å². The summed E-state index contributed by atoms with van der Waals surface area (Å²) in [4.78, 5) is 27.0. The number of methoxy groups -OCH3 is 1. The van der Waals surface area contributed by atoms with Crippen LogP contribution in [0.5, 0.6) is 5.75 Å². The molecule has 0 saturated carbocycles. The number of furan rings is 1. The molecule has 1 saturated heterocycles. The number of benzene rings is 2. The molecule has 0 spiro atoms. The van der Waals surface area contributed by atoms with Gasteiger partial charge in [0.25, 0.3) is 5.91 Å². The van der Waals surface area contributed by atoms with E-state index in [4.69, 9.17) is 9.15 Å². The first kappa shape index (κ1) is 19.8. The Morgan fingerprint density at radius 3 is 2.67 bits per heavy atom. The molecule has 4 rings (SSSR count). The van der Waals surface area contributed by atoms with Crippen LogP contribution in [-0.2, 0) is 4.79 Å². The molecule has 0 bridgehead atoms. The monoisotopic (exact) mass is 404 g/mol. The summed E-state index contributed by atoms with van der Waals surface area (Å²) in [6.45, 7) is 1.07. The van der Waals surface area contributed by atoms with Crippen LogP contribution in [0.1, 0.15) is 23.2 Å². The quantitative estimate of drug-likeness (QED) is 0.682. The molecule has 6 heteroatoms. The Hall–Kier alpha value is -3.54. The van der Waals surface area contributed by atoms with Crippen molar-refractivity contribution in [2.24, 2.45) is 5.92 Å². The summed E-state index contributed by atoms with van der Waals surface area (Å²) in [5.74, 6) is 0.419. The number of hydrogen-bond acceptors (Lipinski definition) is 4. The fraction of sp³-hybridized carbons (Fsp3) is 0.250. The number of carbonyl (C=O) groups excluding carboxylic acids is 2. The fourth-order valence-electron chi connectivity index (χ4n) is 3.74. The van der Waals surface area contributed by atoms with Crippen LogP contribution >= 0.6 is 0 Å². The molecule has 0 radical (unpaired) electrons. The third-order valence-corrected chi connectivity index (χ3v) is 5.40. The number of hydrogen-bond donors (Lipinski definition) is 1. The molecule has 1 N–H and O–H groups in total. The summed E-state index contributed by atoms with van der Waals surface area (Å²) in [7, 11) is 1.65. The largest absolute Gasteiger partial charge is 0.497 e. The minimum atomic E-state index is -0.229. The van der Waals surface area contributed by atoms with Gasteiger partial charge in [0.05, 0.1) is 24.9 Å². The number of nitrogens with one attached hydrogen (secondary N) is 1. The molecule has 2 aromatic carbocycles. The first-order valence-corrected chi connectivity index (χ1v) is 10.0. The van der Waals surface area contributed by atoms with Crippen LogP contribution in [0.15, 0.2) is 71.5 Å².